The van der Waals surface area contributed by atoms with Crippen molar-refractivity contribution in [2.24, 2.45) is 17.3 Å². The molecule has 0 aromatic rings. The lowest BCUT2D eigenvalue weighted by Crippen LogP contribution is -2.23. The van der Waals surface area contributed by atoms with E-state index in [4.69, 9.17) is 21.1 Å². The largest absolute Gasteiger partial charge is 0.382 e. The van der Waals surface area contributed by atoms with Crippen molar-refractivity contribution in [3.8, 4) is 0 Å². The number of methoxy groups -OCH3 is 1. The van der Waals surface area contributed by atoms with Crippen LogP contribution in [0.15, 0.2) is 0 Å². The number of alkyl halides is 1. The molecule has 0 aliphatic heterocycles. The van der Waals surface area contributed by atoms with Crippen LogP contribution in [0.5, 0.6) is 0 Å². The van der Waals surface area contributed by atoms with E-state index < -0.39 is 0 Å². The molecule has 0 saturated heterocycles. The smallest absolute Gasteiger partial charge is 0.0700 e. The molecule has 0 aromatic carbocycles. The van der Waals surface area contributed by atoms with E-state index in [9.17, 15) is 0 Å². The molecule has 2 nitrogen and oxygen atoms in total. The van der Waals surface area contributed by atoms with Crippen LogP contribution in [-0.4, -0.2) is 32.8 Å². The highest BCUT2D eigenvalue weighted by Gasteiger charge is 2.52. The Labute approximate surface area is 97.3 Å². The summed E-state index contributed by atoms with van der Waals surface area (Å²) in [6, 6.07) is 0. The van der Waals surface area contributed by atoms with Gasteiger partial charge in [0.2, 0.25) is 0 Å². The van der Waals surface area contributed by atoms with Gasteiger partial charge in [0, 0.05) is 19.6 Å². The van der Waals surface area contributed by atoms with Crippen molar-refractivity contribution in [2.45, 2.75) is 25.7 Å². The van der Waals surface area contributed by atoms with Crippen molar-refractivity contribution in [3.05, 3.63) is 0 Å². The topological polar surface area (TPSA) is 18.5 Å². The monoisotopic (exact) mass is 232 g/mol. The first kappa shape index (κ1) is 11.7. The number of rotatable bonds is 7. The van der Waals surface area contributed by atoms with Crippen LogP contribution in [0.1, 0.15) is 25.7 Å². The average Bonchev–Trinajstić information content (AvgIpc) is 2.87. The van der Waals surface area contributed by atoms with E-state index in [0.717, 1.165) is 30.7 Å². The number of fused-ring (bicyclic) bond motifs is 1. The molecule has 0 N–H and O–H groups in total. The highest BCUT2D eigenvalue weighted by Crippen LogP contribution is 2.61. The summed E-state index contributed by atoms with van der Waals surface area (Å²) in [5.74, 6) is 2.82. The van der Waals surface area contributed by atoms with E-state index >= 15 is 0 Å². The van der Waals surface area contributed by atoms with Crippen molar-refractivity contribution >= 4 is 11.6 Å². The molecule has 88 valence electrons. The van der Waals surface area contributed by atoms with E-state index in [2.05, 4.69) is 0 Å². The van der Waals surface area contributed by atoms with Crippen LogP contribution in [0.25, 0.3) is 0 Å². The number of ether oxygens (including phenoxy) is 2. The quantitative estimate of drug-likeness (QED) is 0.496. The summed E-state index contributed by atoms with van der Waals surface area (Å²) in [5.41, 5.74) is 0.405. The fourth-order valence-corrected chi connectivity index (χ4v) is 3.27. The minimum absolute atomic E-state index is 0.405. The number of halogens is 1. The summed E-state index contributed by atoms with van der Waals surface area (Å²) in [4.78, 5) is 0. The first-order valence-corrected chi connectivity index (χ1v) is 6.46. The molecule has 0 spiro atoms. The van der Waals surface area contributed by atoms with Gasteiger partial charge in [-0.2, -0.15) is 0 Å². The molecule has 2 unspecified atom stereocenters. The highest BCUT2D eigenvalue weighted by atomic mass is 35.5. The van der Waals surface area contributed by atoms with Crippen molar-refractivity contribution in [1.29, 1.82) is 0 Å². The maximum Gasteiger partial charge on any atom is 0.0700 e. The second kappa shape index (κ2) is 5.03. The van der Waals surface area contributed by atoms with Crippen molar-refractivity contribution in [3.63, 3.8) is 0 Å². The maximum atomic E-state index is 6.11. The molecule has 0 amide bonds. The Balaban J connectivity index is 1.63. The lowest BCUT2D eigenvalue weighted by molar-refractivity contribution is 0.0530. The van der Waals surface area contributed by atoms with E-state index in [0.29, 0.717) is 18.6 Å². The zero-order valence-corrected chi connectivity index (χ0v) is 10.3. The summed E-state index contributed by atoms with van der Waals surface area (Å²) in [7, 11) is 1.70. The standard InChI is InChI=1S/C12H21ClO2/c1-14-4-5-15-3-2-12(9-13)7-10-6-11(10)8-12/h10-11H,2-9H2,1H3. The van der Waals surface area contributed by atoms with Crippen LogP contribution in [0.3, 0.4) is 0 Å². The normalized spacial score (nSPS) is 38.0. The second-order valence-corrected chi connectivity index (χ2v) is 5.42. The van der Waals surface area contributed by atoms with Gasteiger partial charge in [-0.15, -0.1) is 11.6 Å². The average molecular weight is 233 g/mol. The molecular formula is C12H21ClO2. The third-order valence-corrected chi connectivity index (χ3v) is 4.52. The Morgan fingerprint density at radius 2 is 1.93 bits per heavy atom. The maximum absolute atomic E-state index is 6.11. The van der Waals surface area contributed by atoms with Crippen molar-refractivity contribution in [2.75, 3.05) is 32.8 Å². The van der Waals surface area contributed by atoms with Gasteiger partial charge in [-0.25, -0.2) is 0 Å². The lowest BCUT2D eigenvalue weighted by Gasteiger charge is -2.28. The minimum Gasteiger partial charge on any atom is -0.382 e. The van der Waals surface area contributed by atoms with Gasteiger partial charge in [0.1, 0.15) is 0 Å². The zero-order chi connectivity index (χ0) is 10.7. The van der Waals surface area contributed by atoms with Gasteiger partial charge in [0.05, 0.1) is 13.2 Å². The van der Waals surface area contributed by atoms with Crippen LogP contribution >= 0.6 is 11.6 Å². The Morgan fingerprint density at radius 1 is 1.20 bits per heavy atom. The molecule has 0 bridgehead atoms. The van der Waals surface area contributed by atoms with Gasteiger partial charge >= 0.3 is 0 Å². The molecule has 3 heteroatoms. The van der Waals surface area contributed by atoms with Crippen LogP contribution in [0, 0.1) is 17.3 Å². The SMILES string of the molecule is COCCOCCC1(CCl)CC2CC2C1. The van der Waals surface area contributed by atoms with Crippen LogP contribution in [-0.2, 0) is 9.47 Å². The molecule has 2 aliphatic carbocycles. The fourth-order valence-electron chi connectivity index (χ4n) is 2.92. The number of hydrogen-bond donors (Lipinski definition) is 0. The first-order valence-electron chi connectivity index (χ1n) is 5.92. The third kappa shape index (κ3) is 2.86. The minimum atomic E-state index is 0.405. The summed E-state index contributed by atoms with van der Waals surface area (Å²) < 4.78 is 10.5. The summed E-state index contributed by atoms with van der Waals surface area (Å²) >= 11 is 6.11. The third-order valence-electron chi connectivity index (χ3n) is 3.95. The van der Waals surface area contributed by atoms with Crippen molar-refractivity contribution < 1.29 is 9.47 Å². The molecule has 0 radical (unpaired) electrons. The molecular weight excluding hydrogens is 212 g/mol. The van der Waals surface area contributed by atoms with Crippen molar-refractivity contribution in [1.82, 2.24) is 0 Å². The van der Waals surface area contributed by atoms with E-state index in [-0.39, 0.29) is 0 Å². The molecule has 15 heavy (non-hydrogen) atoms. The fraction of sp³-hybridized carbons (Fsp3) is 1.00. The molecule has 0 heterocycles. The lowest BCUT2D eigenvalue weighted by atomic mass is 9.82. The molecule has 0 aromatic heterocycles. The molecule has 2 saturated carbocycles. The van der Waals surface area contributed by atoms with Gasteiger partial charge in [-0.05, 0) is 42.9 Å². The van der Waals surface area contributed by atoms with Crippen LogP contribution in [0.2, 0.25) is 0 Å². The van der Waals surface area contributed by atoms with Crippen LogP contribution < -0.4 is 0 Å². The Morgan fingerprint density at radius 3 is 2.53 bits per heavy atom. The van der Waals surface area contributed by atoms with E-state index in [1.807, 2.05) is 0 Å². The second-order valence-electron chi connectivity index (χ2n) is 5.15. The Kier molecular flexibility index (Phi) is 3.92. The zero-order valence-electron chi connectivity index (χ0n) is 9.51. The summed E-state index contributed by atoms with van der Waals surface area (Å²) in [5, 5.41) is 0. The Bertz CT molecular complexity index is 198. The summed E-state index contributed by atoms with van der Waals surface area (Å²) in [6.45, 7) is 2.25. The summed E-state index contributed by atoms with van der Waals surface area (Å²) in [6.07, 6.45) is 5.28. The molecule has 2 rings (SSSR count). The van der Waals surface area contributed by atoms with Gasteiger partial charge in [-0.1, -0.05) is 0 Å². The van der Waals surface area contributed by atoms with Gasteiger partial charge < -0.3 is 9.47 Å². The predicted molar refractivity (Wildman–Crippen MR) is 61.3 cm³/mol. The van der Waals surface area contributed by atoms with E-state index in [1.165, 1.54) is 19.3 Å². The molecule has 2 atom stereocenters. The number of hydrogen-bond acceptors (Lipinski definition) is 2. The van der Waals surface area contributed by atoms with Gasteiger partial charge in [-0.3, -0.25) is 0 Å². The molecule has 2 fully saturated rings. The van der Waals surface area contributed by atoms with Gasteiger partial charge in [0.15, 0.2) is 0 Å². The van der Waals surface area contributed by atoms with E-state index in [1.54, 1.807) is 7.11 Å². The first-order chi connectivity index (χ1) is 7.29. The Hall–Kier alpha value is 0.210. The van der Waals surface area contributed by atoms with Crippen LogP contribution in [0.4, 0.5) is 0 Å². The molecule has 2 aliphatic rings. The van der Waals surface area contributed by atoms with Gasteiger partial charge in [0.25, 0.3) is 0 Å². The highest BCUT2D eigenvalue weighted by molar-refractivity contribution is 6.18. The predicted octanol–water partition coefficient (Wildman–Crippen LogP) is 2.69.